The van der Waals surface area contributed by atoms with E-state index in [4.69, 9.17) is 0 Å². The number of thioether (sulfide) groups is 1. The lowest BCUT2D eigenvalue weighted by atomic mass is 10.3. The predicted octanol–water partition coefficient (Wildman–Crippen LogP) is 2.72. The van der Waals surface area contributed by atoms with Gasteiger partial charge in [0.25, 0.3) is 10.0 Å². The highest BCUT2D eigenvalue weighted by Gasteiger charge is 2.23. The molecule has 17 heavy (non-hydrogen) atoms. The molecule has 6 heteroatoms. The summed E-state index contributed by atoms with van der Waals surface area (Å²) in [5.41, 5.74) is 0.602. The smallest absolute Gasteiger partial charge is 0.286 e. The second-order valence-corrected chi connectivity index (χ2v) is 7.32. The Hall–Kier alpha value is -1.01. The molecular weight excluding hydrogens is 256 g/mol. The maximum absolute atomic E-state index is 11.9. The minimum Gasteiger partial charge on any atom is -0.342 e. The van der Waals surface area contributed by atoms with Crippen molar-refractivity contribution in [3.63, 3.8) is 0 Å². The maximum atomic E-state index is 11.9. The van der Waals surface area contributed by atoms with Crippen molar-refractivity contribution in [2.45, 2.75) is 35.8 Å². The van der Waals surface area contributed by atoms with Crippen LogP contribution in [0.1, 0.15) is 20.8 Å². The molecule has 0 amide bonds. The molecule has 0 aliphatic carbocycles. The van der Waals surface area contributed by atoms with Crippen molar-refractivity contribution in [1.29, 1.82) is 0 Å². The van der Waals surface area contributed by atoms with Crippen LogP contribution in [0.5, 0.6) is 0 Å². The summed E-state index contributed by atoms with van der Waals surface area (Å²) in [7, 11) is -3.54. The van der Waals surface area contributed by atoms with E-state index in [-0.39, 0.29) is 4.90 Å². The quantitative estimate of drug-likeness (QED) is 0.839. The molecule has 0 aromatic heterocycles. The number of benzene rings is 1. The number of hydrogen-bond acceptors (Lipinski definition) is 4. The highest BCUT2D eigenvalue weighted by atomic mass is 32.2. The number of hydrogen-bond donors (Lipinski definition) is 1. The third-order valence-electron chi connectivity index (χ3n) is 2.18. The maximum Gasteiger partial charge on any atom is 0.286 e. The van der Waals surface area contributed by atoms with Crippen molar-refractivity contribution < 1.29 is 8.42 Å². The summed E-state index contributed by atoms with van der Waals surface area (Å²) in [6.45, 7) is 5.77. The van der Waals surface area contributed by atoms with Gasteiger partial charge in [-0.25, -0.2) is 0 Å². The Kier molecular flexibility index (Phi) is 3.18. The highest BCUT2D eigenvalue weighted by molar-refractivity contribution is 8.00. The molecule has 0 unspecified atom stereocenters. The second kappa shape index (κ2) is 4.34. The molecule has 0 atom stereocenters. The molecule has 1 aromatic carbocycles. The van der Waals surface area contributed by atoms with Crippen molar-refractivity contribution in [3.05, 3.63) is 18.2 Å². The molecule has 4 nitrogen and oxygen atoms in total. The van der Waals surface area contributed by atoms with Crippen LogP contribution in [-0.4, -0.2) is 19.5 Å². The van der Waals surface area contributed by atoms with Crippen molar-refractivity contribution in [1.82, 2.24) is 0 Å². The molecule has 1 N–H and O–H groups in total. The first-order chi connectivity index (χ1) is 7.88. The molecule has 1 aromatic rings. The Labute approximate surface area is 106 Å². The van der Waals surface area contributed by atoms with Gasteiger partial charge in [0.05, 0.1) is 5.69 Å². The monoisotopic (exact) mass is 270 g/mol. The lowest BCUT2D eigenvalue weighted by Crippen LogP contribution is -2.18. The molecular formula is C11H14N2O2S2. The van der Waals surface area contributed by atoms with Gasteiger partial charge in [0, 0.05) is 10.1 Å². The zero-order chi connectivity index (χ0) is 12.6. The first-order valence-electron chi connectivity index (χ1n) is 5.28. The average Bonchev–Trinajstić information content (AvgIpc) is 2.17. The summed E-state index contributed by atoms with van der Waals surface area (Å²) in [4.78, 5) is 1.20. The zero-order valence-electron chi connectivity index (χ0n) is 9.89. The van der Waals surface area contributed by atoms with Crippen LogP contribution in [0, 0.1) is 0 Å². The minimum atomic E-state index is -3.54. The summed E-state index contributed by atoms with van der Waals surface area (Å²) in [6, 6.07) is 5.39. The van der Waals surface area contributed by atoms with E-state index in [0.717, 1.165) is 4.90 Å². The zero-order valence-corrected chi connectivity index (χ0v) is 11.5. The molecule has 1 aliphatic rings. The van der Waals surface area contributed by atoms with Crippen LogP contribution in [0.15, 0.2) is 32.4 Å². The van der Waals surface area contributed by atoms with E-state index in [1.165, 1.54) is 0 Å². The number of amidine groups is 1. The molecule has 0 radical (unpaired) electrons. The molecule has 2 rings (SSSR count). The van der Waals surface area contributed by atoms with Gasteiger partial charge in [0.2, 0.25) is 0 Å². The van der Waals surface area contributed by atoms with Gasteiger partial charge in [-0.3, -0.25) is 0 Å². The Morgan fingerprint density at radius 3 is 2.71 bits per heavy atom. The van der Waals surface area contributed by atoms with Crippen LogP contribution in [-0.2, 0) is 10.0 Å². The van der Waals surface area contributed by atoms with Gasteiger partial charge < -0.3 is 5.32 Å². The van der Waals surface area contributed by atoms with E-state index >= 15 is 0 Å². The van der Waals surface area contributed by atoms with Gasteiger partial charge in [-0.05, 0) is 25.1 Å². The Morgan fingerprint density at radius 2 is 2.06 bits per heavy atom. The van der Waals surface area contributed by atoms with Crippen LogP contribution in [0.4, 0.5) is 5.69 Å². The SMILES string of the molecule is CC1=NS(=O)(=O)c2cc(SC(C)C)ccc2N1. The van der Waals surface area contributed by atoms with E-state index in [0.29, 0.717) is 16.8 Å². The van der Waals surface area contributed by atoms with Gasteiger partial charge >= 0.3 is 0 Å². The summed E-state index contributed by atoms with van der Waals surface area (Å²) < 4.78 is 27.4. The summed E-state index contributed by atoms with van der Waals surface area (Å²) >= 11 is 1.63. The van der Waals surface area contributed by atoms with Gasteiger partial charge in [-0.15, -0.1) is 16.2 Å². The van der Waals surface area contributed by atoms with Crippen molar-refractivity contribution >= 4 is 33.3 Å². The van der Waals surface area contributed by atoms with Crippen LogP contribution in [0.3, 0.4) is 0 Å². The number of nitrogens with one attached hydrogen (secondary N) is 1. The summed E-state index contributed by atoms with van der Waals surface area (Å²) in [5, 5.41) is 3.37. The molecule has 0 spiro atoms. The third-order valence-corrected chi connectivity index (χ3v) is 4.58. The predicted molar refractivity (Wildman–Crippen MR) is 71.4 cm³/mol. The number of sulfonamides is 1. The number of nitrogens with zero attached hydrogens (tertiary/aromatic N) is 1. The number of anilines is 1. The second-order valence-electron chi connectivity index (χ2n) is 4.10. The van der Waals surface area contributed by atoms with E-state index in [2.05, 4.69) is 23.6 Å². The highest BCUT2D eigenvalue weighted by Crippen LogP contribution is 2.32. The van der Waals surface area contributed by atoms with Crippen LogP contribution >= 0.6 is 11.8 Å². The molecule has 0 bridgehead atoms. The van der Waals surface area contributed by atoms with Crippen LogP contribution < -0.4 is 5.32 Å². The molecule has 1 heterocycles. The molecule has 0 saturated heterocycles. The van der Waals surface area contributed by atoms with Gasteiger partial charge in [-0.2, -0.15) is 8.42 Å². The average molecular weight is 270 g/mol. The van der Waals surface area contributed by atoms with Crippen molar-refractivity contribution in [2.24, 2.45) is 4.40 Å². The fourth-order valence-electron chi connectivity index (χ4n) is 1.61. The molecule has 1 aliphatic heterocycles. The third kappa shape index (κ3) is 2.63. The topological polar surface area (TPSA) is 58.5 Å². The van der Waals surface area contributed by atoms with Crippen molar-refractivity contribution in [2.75, 3.05) is 5.32 Å². The van der Waals surface area contributed by atoms with Gasteiger partial charge in [-0.1, -0.05) is 13.8 Å². The van der Waals surface area contributed by atoms with E-state index in [9.17, 15) is 8.42 Å². The lowest BCUT2D eigenvalue weighted by Gasteiger charge is -2.17. The largest absolute Gasteiger partial charge is 0.342 e. The summed E-state index contributed by atoms with van der Waals surface area (Å²) in [5.74, 6) is 0.404. The number of rotatable bonds is 2. The Morgan fingerprint density at radius 1 is 1.35 bits per heavy atom. The van der Waals surface area contributed by atoms with Crippen molar-refractivity contribution in [3.8, 4) is 0 Å². The number of fused-ring (bicyclic) bond motifs is 1. The Balaban J connectivity index is 2.49. The fraction of sp³-hybridized carbons (Fsp3) is 0.364. The standard InChI is InChI=1S/C11H14N2O2S2/c1-7(2)16-9-4-5-10-11(6-9)17(14,15)13-8(3)12-10/h4-7H,1-3H3,(H,12,13). The molecule has 0 saturated carbocycles. The van der Waals surface area contributed by atoms with Gasteiger partial charge in [0.1, 0.15) is 10.7 Å². The lowest BCUT2D eigenvalue weighted by molar-refractivity contribution is 0.597. The van der Waals surface area contributed by atoms with E-state index < -0.39 is 10.0 Å². The van der Waals surface area contributed by atoms with E-state index in [1.807, 2.05) is 6.07 Å². The summed E-state index contributed by atoms with van der Waals surface area (Å²) in [6.07, 6.45) is 0. The minimum absolute atomic E-state index is 0.258. The normalized spacial score (nSPS) is 17.3. The van der Waals surface area contributed by atoms with E-state index in [1.54, 1.807) is 30.8 Å². The fourth-order valence-corrected chi connectivity index (χ4v) is 3.74. The molecule has 92 valence electrons. The van der Waals surface area contributed by atoms with Crippen LogP contribution in [0.25, 0.3) is 0 Å². The Bertz CT molecular complexity index is 577. The first kappa shape index (κ1) is 12.4. The molecule has 0 fully saturated rings. The van der Waals surface area contributed by atoms with Crippen LogP contribution in [0.2, 0.25) is 0 Å². The first-order valence-corrected chi connectivity index (χ1v) is 7.60. The van der Waals surface area contributed by atoms with Gasteiger partial charge in [0.15, 0.2) is 0 Å².